The van der Waals surface area contributed by atoms with Crippen molar-refractivity contribution in [1.82, 2.24) is 24.3 Å². The lowest BCUT2D eigenvalue weighted by molar-refractivity contribution is 0.197. The zero-order valence-corrected chi connectivity index (χ0v) is 13.4. The number of rotatable bonds is 5. The third kappa shape index (κ3) is 2.94. The maximum absolute atomic E-state index is 12.7. The Hall–Kier alpha value is -2.70. The predicted octanol–water partition coefficient (Wildman–Crippen LogP) is 1.55. The quantitative estimate of drug-likeness (QED) is 0.714. The van der Waals surface area contributed by atoms with Gasteiger partial charge in [-0.3, -0.25) is 19.0 Å². The van der Waals surface area contributed by atoms with Crippen LogP contribution in [0.1, 0.15) is 19.5 Å². The van der Waals surface area contributed by atoms with Gasteiger partial charge >= 0.3 is 0 Å². The molecule has 1 atom stereocenters. The Morgan fingerprint density at radius 3 is 2.91 bits per heavy atom. The van der Waals surface area contributed by atoms with E-state index in [1.165, 1.54) is 0 Å². The highest BCUT2D eigenvalue weighted by Gasteiger charge is 2.15. The van der Waals surface area contributed by atoms with E-state index < -0.39 is 0 Å². The van der Waals surface area contributed by atoms with Crippen molar-refractivity contribution in [1.29, 1.82) is 0 Å². The number of aromatic nitrogens is 5. The summed E-state index contributed by atoms with van der Waals surface area (Å²) in [6.07, 6.45) is 5.46. The molecule has 0 saturated heterocycles. The summed E-state index contributed by atoms with van der Waals surface area (Å²) in [6.45, 7) is 4.31. The number of hydrogen-bond donors (Lipinski definition) is 0. The minimum Gasteiger partial charge on any atom is -0.487 e. The summed E-state index contributed by atoms with van der Waals surface area (Å²) in [5.41, 5.74) is 1.94. The van der Waals surface area contributed by atoms with Gasteiger partial charge in [0.2, 0.25) is 0 Å². The van der Waals surface area contributed by atoms with Crippen LogP contribution >= 0.6 is 0 Å². The van der Waals surface area contributed by atoms with Gasteiger partial charge in [0.25, 0.3) is 5.56 Å². The van der Waals surface area contributed by atoms with Crippen LogP contribution < -0.4 is 10.3 Å². The summed E-state index contributed by atoms with van der Waals surface area (Å²) < 4.78 is 8.93. The van der Waals surface area contributed by atoms with Gasteiger partial charge in [-0.1, -0.05) is 6.92 Å². The van der Waals surface area contributed by atoms with Crippen LogP contribution in [0.15, 0.2) is 35.6 Å². The van der Waals surface area contributed by atoms with Crippen molar-refractivity contribution in [3.63, 3.8) is 0 Å². The van der Waals surface area contributed by atoms with Crippen molar-refractivity contribution in [2.45, 2.75) is 32.9 Å². The minimum absolute atomic E-state index is 0.105. The van der Waals surface area contributed by atoms with E-state index in [4.69, 9.17) is 4.74 Å². The number of pyridine rings is 1. The van der Waals surface area contributed by atoms with Crippen LogP contribution in [0.25, 0.3) is 11.0 Å². The third-order valence-corrected chi connectivity index (χ3v) is 3.64. The molecule has 7 nitrogen and oxygen atoms in total. The molecule has 0 aliphatic heterocycles. The van der Waals surface area contributed by atoms with Crippen LogP contribution in [0.2, 0.25) is 0 Å². The van der Waals surface area contributed by atoms with E-state index >= 15 is 0 Å². The molecule has 0 radical (unpaired) electrons. The van der Waals surface area contributed by atoms with Gasteiger partial charge in [-0.2, -0.15) is 5.10 Å². The Morgan fingerprint density at radius 2 is 2.22 bits per heavy atom. The standard InChI is InChI=1S/C16H19N5O2/c1-4-13-14-15(20(3)19-13)16(22)21(10-18-14)9-11(2)23-12-6-5-7-17-8-12/h5-8,10-11H,4,9H2,1-3H3. The predicted molar refractivity (Wildman–Crippen MR) is 86.5 cm³/mol. The molecule has 0 fully saturated rings. The average Bonchev–Trinajstić information content (AvgIpc) is 2.88. The maximum Gasteiger partial charge on any atom is 0.279 e. The first-order valence-corrected chi connectivity index (χ1v) is 7.57. The number of aryl methyl sites for hydroxylation is 2. The van der Waals surface area contributed by atoms with Crippen molar-refractivity contribution in [2.75, 3.05) is 0 Å². The molecule has 120 valence electrons. The summed E-state index contributed by atoms with van der Waals surface area (Å²) in [5, 5.41) is 4.36. The van der Waals surface area contributed by atoms with Gasteiger partial charge in [-0.05, 0) is 25.5 Å². The first kappa shape index (κ1) is 15.2. The zero-order valence-electron chi connectivity index (χ0n) is 13.4. The molecule has 3 rings (SSSR count). The van der Waals surface area contributed by atoms with Gasteiger partial charge in [0.05, 0.1) is 24.8 Å². The Balaban J connectivity index is 1.87. The fraction of sp³-hybridized carbons (Fsp3) is 0.375. The Bertz CT molecular complexity index is 869. The molecule has 0 aliphatic rings. The summed E-state index contributed by atoms with van der Waals surface area (Å²) >= 11 is 0. The summed E-state index contributed by atoms with van der Waals surface area (Å²) in [7, 11) is 1.77. The molecule has 0 spiro atoms. The van der Waals surface area contributed by atoms with Gasteiger partial charge in [-0.25, -0.2) is 4.98 Å². The summed E-state index contributed by atoms with van der Waals surface area (Å²) in [4.78, 5) is 21.1. The van der Waals surface area contributed by atoms with Gasteiger partial charge < -0.3 is 4.74 Å². The molecule has 7 heteroatoms. The summed E-state index contributed by atoms with van der Waals surface area (Å²) in [6, 6.07) is 3.64. The van der Waals surface area contributed by atoms with Crippen LogP contribution in [0, 0.1) is 0 Å². The van der Waals surface area contributed by atoms with Crippen LogP contribution in [0.3, 0.4) is 0 Å². The second kappa shape index (κ2) is 6.20. The normalized spacial score (nSPS) is 12.5. The second-order valence-corrected chi connectivity index (χ2v) is 5.44. The van der Waals surface area contributed by atoms with Crippen molar-refractivity contribution in [3.8, 4) is 5.75 Å². The lowest BCUT2D eigenvalue weighted by atomic mass is 10.3. The van der Waals surface area contributed by atoms with Crippen molar-refractivity contribution in [3.05, 3.63) is 46.9 Å². The highest BCUT2D eigenvalue weighted by Crippen LogP contribution is 2.13. The molecule has 1 unspecified atom stereocenters. The largest absolute Gasteiger partial charge is 0.487 e. The minimum atomic E-state index is -0.185. The SMILES string of the molecule is CCc1nn(C)c2c(=O)n(CC(C)Oc3cccnc3)cnc12. The molecule has 3 aromatic heterocycles. The van der Waals surface area contributed by atoms with Gasteiger partial charge in [0.1, 0.15) is 17.4 Å². The Morgan fingerprint density at radius 1 is 1.39 bits per heavy atom. The molecule has 0 saturated carbocycles. The average molecular weight is 313 g/mol. The van der Waals surface area contributed by atoms with E-state index in [1.807, 2.05) is 26.0 Å². The molecular weight excluding hydrogens is 294 g/mol. The fourth-order valence-electron chi connectivity index (χ4n) is 2.59. The fourth-order valence-corrected chi connectivity index (χ4v) is 2.59. The first-order chi connectivity index (χ1) is 11.1. The third-order valence-electron chi connectivity index (χ3n) is 3.64. The van der Waals surface area contributed by atoms with Crippen LogP contribution in [0.5, 0.6) is 5.75 Å². The van der Waals surface area contributed by atoms with E-state index in [-0.39, 0.29) is 11.7 Å². The van der Waals surface area contributed by atoms with E-state index in [1.54, 1.807) is 35.0 Å². The van der Waals surface area contributed by atoms with Gasteiger partial charge in [0, 0.05) is 13.2 Å². The molecule has 0 aromatic carbocycles. The van der Waals surface area contributed by atoms with Crippen LogP contribution in [-0.4, -0.2) is 30.4 Å². The molecule has 23 heavy (non-hydrogen) atoms. The number of hydrogen-bond acceptors (Lipinski definition) is 5. The Labute approximate surface area is 133 Å². The molecule has 3 aromatic rings. The second-order valence-electron chi connectivity index (χ2n) is 5.44. The highest BCUT2D eigenvalue weighted by atomic mass is 16.5. The lowest BCUT2D eigenvalue weighted by Crippen LogP contribution is -2.29. The highest BCUT2D eigenvalue weighted by molar-refractivity contribution is 5.76. The summed E-state index contributed by atoms with van der Waals surface area (Å²) in [5.74, 6) is 0.677. The van der Waals surface area contributed by atoms with Gasteiger partial charge in [0.15, 0.2) is 5.52 Å². The van der Waals surface area contributed by atoms with Crippen molar-refractivity contribution < 1.29 is 4.74 Å². The Kier molecular flexibility index (Phi) is 4.10. The maximum atomic E-state index is 12.7. The van der Waals surface area contributed by atoms with E-state index in [2.05, 4.69) is 15.1 Å². The van der Waals surface area contributed by atoms with Gasteiger partial charge in [-0.15, -0.1) is 0 Å². The number of nitrogens with zero attached hydrogens (tertiary/aromatic N) is 5. The monoisotopic (exact) mass is 313 g/mol. The smallest absolute Gasteiger partial charge is 0.279 e. The zero-order chi connectivity index (χ0) is 16.4. The van der Waals surface area contributed by atoms with E-state index in [0.29, 0.717) is 23.3 Å². The molecule has 3 heterocycles. The molecule has 0 amide bonds. The van der Waals surface area contributed by atoms with Crippen molar-refractivity contribution >= 4 is 11.0 Å². The number of fused-ring (bicyclic) bond motifs is 1. The topological polar surface area (TPSA) is 74.8 Å². The number of ether oxygens (including phenoxy) is 1. The lowest BCUT2D eigenvalue weighted by Gasteiger charge is -2.15. The van der Waals surface area contributed by atoms with Crippen LogP contribution in [0.4, 0.5) is 0 Å². The molecule has 0 N–H and O–H groups in total. The molecular formula is C16H19N5O2. The van der Waals surface area contributed by atoms with E-state index in [0.717, 1.165) is 12.1 Å². The van der Waals surface area contributed by atoms with Crippen LogP contribution in [-0.2, 0) is 20.0 Å². The molecule has 0 bridgehead atoms. The van der Waals surface area contributed by atoms with E-state index in [9.17, 15) is 4.79 Å². The first-order valence-electron chi connectivity index (χ1n) is 7.57. The molecule has 0 aliphatic carbocycles. The van der Waals surface area contributed by atoms with Crippen molar-refractivity contribution in [2.24, 2.45) is 7.05 Å².